The second kappa shape index (κ2) is 4.43. The van der Waals surface area contributed by atoms with E-state index in [4.69, 9.17) is 6.42 Å². The van der Waals surface area contributed by atoms with E-state index in [2.05, 4.69) is 21.9 Å². The van der Waals surface area contributed by atoms with Crippen LogP contribution < -0.4 is 0 Å². The lowest BCUT2D eigenvalue weighted by Gasteiger charge is -2.05. The van der Waals surface area contributed by atoms with Crippen LogP contribution in [-0.4, -0.2) is 5.78 Å². The smallest absolute Gasteiger partial charge is 0.174 e. The molecule has 0 aromatic heterocycles. The van der Waals surface area contributed by atoms with Crippen molar-refractivity contribution in [2.45, 2.75) is 20.3 Å². The molecule has 2 heteroatoms. The molecule has 0 bridgehead atoms. The van der Waals surface area contributed by atoms with Crippen LogP contribution in [0.15, 0.2) is 16.6 Å². The summed E-state index contributed by atoms with van der Waals surface area (Å²) in [7, 11) is 0. The highest BCUT2D eigenvalue weighted by Crippen LogP contribution is 2.22. The molecule has 1 aromatic rings. The fourth-order valence-corrected chi connectivity index (χ4v) is 1.53. The summed E-state index contributed by atoms with van der Waals surface area (Å²) in [5.41, 5.74) is 2.82. The second-order valence-corrected chi connectivity index (χ2v) is 4.02. The predicted octanol–water partition coefficient (Wildman–Crippen LogP) is 3.27. The Bertz CT molecular complexity index is 390. The number of rotatable bonds is 2. The number of aryl methyl sites for hydroxylation is 2. The van der Waals surface area contributed by atoms with Gasteiger partial charge in [-0.1, -0.05) is 21.9 Å². The summed E-state index contributed by atoms with van der Waals surface area (Å²) in [5, 5.41) is 0. The molecule has 0 N–H and O–H groups in total. The van der Waals surface area contributed by atoms with E-state index < -0.39 is 0 Å². The number of ketones is 1. The standard InChI is InChI=1S/C12H11BrO/c1-4-5-11(14)10-6-8(2)12(13)9(3)7-10/h1,6-7H,5H2,2-3H3. The molecule has 0 fully saturated rings. The summed E-state index contributed by atoms with van der Waals surface area (Å²) in [6.07, 6.45) is 5.26. The molecule has 14 heavy (non-hydrogen) atoms. The quantitative estimate of drug-likeness (QED) is 0.582. The third-order valence-corrected chi connectivity index (χ3v) is 3.27. The van der Waals surface area contributed by atoms with Gasteiger partial charge in [0, 0.05) is 10.0 Å². The van der Waals surface area contributed by atoms with E-state index in [0.717, 1.165) is 15.6 Å². The average Bonchev–Trinajstić information content (AvgIpc) is 2.13. The van der Waals surface area contributed by atoms with Gasteiger partial charge in [0.1, 0.15) is 0 Å². The molecular weight excluding hydrogens is 240 g/mol. The van der Waals surface area contributed by atoms with Gasteiger partial charge in [0.2, 0.25) is 0 Å². The van der Waals surface area contributed by atoms with Crippen LogP contribution >= 0.6 is 15.9 Å². The van der Waals surface area contributed by atoms with Crippen LogP contribution in [0.5, 0.6) is 0 Å². The fraction of sp³-hybridized carbons (Fsp3) is 0.250. The third kappa shape index (κ3) is 2.24. The number of hydrogen-bond acceptors (Lipinski definition) is 1. The maximum Gasteiger partial charge on any atom is 0.174 e. The van der Waals surface area contributed by atoms with Gasteiger partial charge in [-0.3, -0.25) is 4.79 Å². The lowest BCUT2D eigenvalue weighted by atomic mass is 10.0. The molecule has 0 unspecified atom stereocenters. The zero-order valence-corrected chi connectivity index (χ0v) is 9.81. The van der Waals surface area contributed by atoms with Crippen LogP contribution in [0.2, 0.25) is 0 Å². The van der Waals surface area contributed by atoms with Gasteiger partial charge >= 0.3 is 0 Å². The van der Waals surface area contributed by atoms with Crippen molar-refractivity contribution in [2.24, 2.45) is 0 Å². The summed E-state index contributed by atoms with van der Waals surface area (Å²) >= 11 is 3.45. The van der Waals surface area contributed by atoms with Crippen LogP contribution in [0.25, 0.3) is 0 Å². The minimum atomic E-state index is 0.00574. The van der Waals surface area contributed by atoms with E-state index in [-0.39, 0.29) is 12.2 Å². The first kappa shape index (κ1) is 11.0. The molecule has 1 nitrogen and oxygen atoms in total. The highest BCUT2D eigenvalue weighted by atomic mass is 79.9. The third-order valence-electron chi connectivity index (χ3n) is 2.02. The van der Waals surface area contributed by atoms with Crippen LogP contribution in [0.3, 0.4) is 0 Å². The first-order valence-corrected chi connectivity index (χ1v) is 5.09. The van der Waals surface area contributed by atoms with Gasteiger partial charge in [-0.2, -0.15) is 0 Å². The zero-order valence-electron chi connectivity index (χ0n) is 8.23. The van der Waals surface area contributed by atoms with E-state index in [1.54, 1.807) is 0 Å². The maximum atomic E-state index is 11.5. The Hall–Kier alpha value is -1.07. The Balaban J connectivity index is 3.14. The van der Waals surface area contributed by atoms with Crippen LogP contribution in [0.4, 0.5) is 0 Å². The highest BCUT2D eigenvalue weighted by Gasteiger charge is 2.07. The average molecular weight is 251 g/mol. The Morgan fingerprint density at radius 2 is 1.93 bits per heavy atom. The van der Waals surface area contributed by atoms with Crippen molar-refractivity contribution < 1.29 is 4.79 Å². The molecule has 72 valence electrons. The molecule has 0 atom stereocenters. The summed E-state index contributed by atoms with van der Waals surface area (Å²) in [6, 6.07) is 3.72. The Morgan fingerprint density at radius 1 is 1.43 bits per heavy atom. The Morgan fingerprint density at radius 3 is 2.36 bits per heavy atom. The summed E-state index contributed by atoms with van der Waals surface area (Å²) < 4.78 is 1.05. The van der Waals surface area contributed by atoms with Crippen molar-refractivity contribution in [1.82, 2.24) is 0 Å². The van der Waals surface area contributed by atoms with Crippen molar-refractivity contribution >= 4 is 21.7 Å². The molecule has 1 aromatic carbocycles. The Labute approximate surface area is 92.6 Å². The van der Waals surface area contributed by atoms with E-state index in [0.29, 0.717) is 5.56 Å². The number of carbonyl (C=O) groups excluding carboxylic acids is 1. The first-order valence-electron chi connectivity index (χ1n) is 4.29. The Kier molecular flexibility index (Phi) is 3.49. The normalized spacial score (nSPS) is 9.57. The number of halogens is 1. The number of terminal acetylenes is 1. The van der Waals surface area contributed by atoms with Crippen LogP contribution in [0, 0.1) is 26.2 Å². The molecule has 0 aliphatic carbocycles. The van der Waals surface area contributed by atoms with Gasteiger partial charge in [0.15, 0.2) is 5.78 Å². The van der Waals surface area contributed by atoms with E-state index in [1.165, 1.54) is 0 Å². The second-order valence-electron chi connectivity index (χ2n) is 3.23. The zero-order chi connectivity index (χ0) is 10.7. The fourth-order valence-electron chi connectivity index (χ4n) is 1.30. The SMILES string of the molecule is C#CCC(=O)c1cc(C)c(Br)c(C)c1. The number of carbonyl (C=O) groups is 1. The van der Waals surface area contributed by atoms with E-state index >= 15 is 0 Å². The molecule has 1 rings (SSSR count). The van der Waals surface area contributed by atoms with Crippen molar-refractivity contribution in [3.05, 3.63) is 33.3 Å². The van der Waals surface area contributed by atoms with Gasteiger partial charge in [0.05, 0.1) is 6.42 Å². The minimum absolute atomic E-state index is 0.00574. The van der Waals surface area contributed by atoms with Gasteiger partial charge in [0.25, 0.3) is 0 Å². The van der Waals surface area contributed by atoms with Crippen molar-refractivity contribution in [1.29, 1.82) is 0 Å². The lowest BCUT2D eigenvalue weighted by molar-refractivity contribution is 0.0998. The van der Waals surface area contributed by atoms with Gasteiger partial charge in [-0.15, -0.1) is 6.42 Å². The molecule has 0 saturated heterocycles. The number of hydrogen-bond donors (Lipinski definition) is 0. The van der Waals surface area contributed by atoms with Crippen molar-refractivity contribution in [3.63, 3.8) is 0 Å². The van der Waals surface area contributed by atoms with Gasteiger partial charge in [-0.25, -0.2) is 0 Å². The summed E-state index contributed by atoms with van der Waals surface area (Å²) in [6.45, 7) is 3.92. The number of Topliss-reactive ketones (excluding diaryl/α,β-unsaturated/α-hetero) is 1. The monoisotopic (exact) mass is 250 g/mol. The number of benzene rings is 1. The molecule has 0 radical (unpaired) electrons. The molecule has 0 aliphatic heterocycles. The first-order chi connectivity index (χ1) is 6.56. The highest BCUT2D eigenvalue weighted by molar-refractivity contribution is 9.10. The predicted molar refractivity (Wildman–Crippen MR) is 61.4 cm³/mol. The van der Waals surface area contributed by atoms with Crippen molar-refractivity contribution in [3.8, 4) is 12.3 Å². The minimum Gasteiger partial charge on any atom is -0.293 e. The van der Waals surface area contributed by atoms with Crippen LogP contribution in [0.1, 0.15) is 27.9 Å². The largest absolute Gasteiger partial charge is 0.293 e. The molecule has 0 heterocycles. The topological polar surface area (TPSA) is 17.1 Å². The summed E-state index contributed by atoms with van der Waals surface area (Å²) in [4.78, 5) is 11.5. The molecule has 0 saturated carbocycles. The van der Waals surface area contributed by atoms with E-state index in [9.17, 15) is 4.79 Å². The molecule has 0 spiro atoms. The van der Waals surface area contributed by atoms with Gasteiger partial charge in [-0.05, 0) is 37.1 Å². The van der Waals surface area contributed by atoms with Crippen molar-refractivity contribution in [2.75, 3.05) is 0 Å². The molecular formula is C12H11BrO. The molecule has 0 amide bonds. The van der Waals surface area contributed by atoms with E-state index in [1.807, 2.05) is 26.0 Å². The lowest BCUT2D eigenvalue weighted by Crippen LogP contribution is -1.99. The summed E-state index contributed by atoms with van der Waals surface area (Å²) in [5.74, 6) is 2.36. The van der Waals surface area contributed by atoms with Gasteiger partial charge < -0.3 is 0 Å². The van der Waals surface area contributed by atoms with Crippen LogP contribution in [-0.2, 0) is 0 Å². The molecule has 0 aliphatic rings. The maximum absolute atomic E-state index is 11.5.